The predicted octanol–water partition coefficient (Wildman–Crippen LogP) is 2.91. The van der Waals surface area contributed by atoms with Crippen molar-refractivity contribution in [3.8, 4) is 11.5 Å². The maximum Gasteiger partial charge on any atom is 0.161 e. The van der Waals surface area contributed by atoms with Crippen LogP contribution in [0, 0.1) is 0 Å². The van der Waals surface area contributed by atoms with Gasteiger partial charge in [-0.2, -0.15) is 0 Å². The number of hydrogen-bond acceptors (Lipinski definition) is 4. The normalized spacial score (nSPS) is 19.5. The molecule has 0 radical (unpaired) electrons. The van der Waals surface area contributed by atoms with E-state index in [2.05, 4.69) is 21.2 Å². The number of hydrogen-bond donors (Lipinski definition) is 1. The van der Waals surface area contributed by atoms with Gasteiger partial charge in [-0.3, -0.25) is 0 Å². The van der Waals surface area contributed by atoms with E-state index >= 15 is 0 Å². The SMILES string of the molecule is COc1cc(Br)c(C2CNCCO2)cc1OC(C)C. The van der Waals surface area contributed by atoms with Crippen molar-refractivity contribution in [1.82, 2.24) is 5.32 Å². The van der Waals surface area contributed by atoms with Gasteiger partial charge in [0.2, 0.25) is 0 Å². The Morgan fingerprint density at radius 3 is 2.74 bits per heavy atom. The Labute approximate surface area is 122 Å². The molecule has 1 aromatic rings. The van der Waals surface area contributed by atoms with Crippen LogP contribution in [-0.4, -0.2) is 32.9 Å². The topological polar surface area (TPSA) is 39.7 Å². The second-order valence-corrected chi connectivity index (χ2v) is 5.61. The number of methoxy groups -OCH3 is 1. The lowest BCUT2D eigenvalue weighted by Gasteiger charge is -2.26. The van der Waals surface area contributed by atoms with E-state index in [1.165, 1.54) is 0 Å². The molecule has 19 heavy (non-hydrogen) atoms. The highest BCUT2D eigenvalue weighted by Gasteiger charge is 2.21. The van der Waals surface area contributed by atoms with Crippen molar-refractivity contribution >= 4 is 15.9 Å². The first-order valence-corrected chi connectivity index (χ1v) is 7.27. The van der Waals surface area contributed by atoms with Gasteiger partial charge in [-0.1, -0.05) is 15.9 Å². The number of benzene rings is 1. The van der Waals surface area contributed by atoms with Gasteiger partial charge in [-0.05, 0) is 26.0 Å². The second-order valence-electron chi connectivity index (χ2n) is 4.75. The summed E-state index contributed by atoms with van der Waals surface area (Å²) < 4.78 is 17.9. The molecule has 1 fully saturated rings. The van der Waals surface area contributed by atoms with E-state index in [9.17, 15) is 0 Å². The van der Waals surface area contributed by atoms with Crippen LogP contribution in [0.4, 0.5) is 0 Å². The summed E-state index contributed by atoms with van der Waals surface area (Å²) in [5.41, 5.74) is 1.09. The largest absolute Gasteiger partial charge is 0.493 e. The van der Waals surface area contributed by atoms with Crippen LogP contribution in [0.25, 0.3) is 0 Å². The molecule has 1 saturated heterocycles. The second kappa shape index (κ2) is 6.59. The van der Waals surface area contributed by atoms with Crippen LogP contribution in [-0.2, 0) is 4.74 Å². The van der Waals surface area contributed by atoms with Crippen LogP contribution in [0.1, 0.15) is 25.5 Å². The van der Waals surface area contributed by atoms with Gasteiger partial charge in [0.1, 0.15) is 0 Å². The average Bonchev–Trinajstić information content (AvgIpc) is 2.40. The smallest absolute Gasteiger partial charge is 0.161 e. The van der Waals surface area contributed by atoms with Crippen molar-refractivity contribution in [2.24, 2.45) is 0 Å². The lowest BCUT2D eigenvalue weighted by atomic mass is 10.1. The van der Waals surface area contributed by atoms with Crippen LogP contribution in [0.15, 0.2) is 16.6 Å². The van der Waals surface area contributed by atoms with E-state index in [0.717, 1.165) is 41.2 Å². The minimum Gasteiger partial charge on any atom is -0.493 e. The van der Waals surface area contributed by atoms with Gasteiger partial charge in [-0.25, -0.2) is 0 Å². The van der Waals surface area contributed by atoms with Crippen molar-refractivity contribution in [3.05, 3.63) is 22.2 Å². The average molecular weight is 330 g/mol. The first kappa shape index (κ1) is 14.6. The molecule has 0 amide bonds. The minimum absolute atomic E-state index is 0.0449. The molecule has 1 heterocycles. The molecule has 1 unspecified atom stereocenters. The summed E-state index contributed by atoms with van der Waals surface area (Å²) in [5.74, 6) is 1.48. The van der Waals surface area contributed by atoms with Gasteiger partial charge < -0.3 is 19.5 Å². The maximum atomic E-state index is 5.80. The monoisotopic (exact) mass is 329 g/mol. The highest BCUT2D eigenvalue weighted by molar-refractivity contribution is 9.10. The summed E-state index contributed by atoms with van der Waals surface area (Å²) in [5, 5.41) is 3.33. The maximum absolute atomic E-state index is 5.80. The van der Waals surface area contributed by atoms with Crippen molar-refractivity contribution in [2.75, 3.05) is 26.8 Å². The Kier molecular flexibility index (Phi) is 5.07. The number of morpholine rings is 1. The van der Waals surface area contributed by atoms with Crippen molar-refractivity contribution in [3.63, 3.8) is 0 Å². The zero-order chi connectivity index (χ0) is 13.8. The fraction of sp³-hybridized carbons (Fsp3) is 0.571. The molecule has 106 valence electrons. The van der Waals surface area contributed by atoms with Gasteiger partial charge in [0.25, 0.3) is 0 Å². The predicted molar refractivity (Wildman–Crippen MR) is 78.0 cm³/mol. The first-order valence-electron chi connectivity index (χ1n) is 6.48. The quantitative estimate of drug-likeness (QED) is 0.921. The molecule has 0 aromatic heterocycles. The number of nitrogens with one attached hydrogen (secondary N) is 1. The Hall–Kier alpha value is -0.780. The zero-order valence-corrected chi connectivity index (χ0v) is 13.1. The molecule has 1 aliphatic rings. The molecule has 4 nitrogen and oxygen atoms in total. The number of rotatable bonds is 4. The summed E-state index contributed by atoms with van der Waals surface area (Å²) in [6.45, 7) is 6.44. The highest BCUT2D eigenvalue weighted by Crippen LogP contribution is 2.37. The van der Waals surface area contributed by atoms with Crippen LogP contribution in [0.2, 0.25) is 0 Å². The standard InChI is InChI=1S/C14H20BrNO3/c1-9(2)19-13-6-10(11(15)7-12(13)17-3)14-8-16-4-5-18-14/h6-7,9,14,16H,4-5,8H2,1-3H3. The van der Waals surface area contributed by atoms with Gasteiger partial charge in [-0.15, -0.1) is 0 Å². The van der Waals surface area contributed by atoms with Crippen molar-refractivity contribution in [1.29, 1.82) is 0 Å². The van der Waals surface area contributed by atoms with Gasteiger partial charge in [0.15, 0.2) is 11.5 Å². The summed E-state index contributed by atoms with van der Waals surface area (Å²) in [6, 6.07) is 3.94. The molecular weight excluding hydrogens is 310 g/mol. The number of halogens is 1. The third kappa shape index (κ3) is 3.61. The summed E-state index contributed by atoms with van der Waals surface area (Å²) in [6.07, 6.45) is 0.150. The van der Waals surface area contributed by atoms with Crippen LogP contribution in [0.5, 0.6) is 11.5 Å². The molecule has 0 aliphatic carbocycles. The highest BCUT2D eigenvalue weighted by atomic mass is 79.9. The number of ether oxygens (including phenoxy) is 3. The van der Waals surface area contributed by atoms with Crippen LogP contribution in [0.3, 0.4) is 0 Å². The molecule has 0 saturated carbocycles. The van der Waals surface area contributed by atoms with E-state index in [0.29, 0.717) is 0 Å². The fourth-order valence-electron chi connectivity index (χ4n) is 2.07. The molecule has 1 aromatic carbocycles. The summed E-state index contributed by atoms with van der Waals surface area (Å²) in [7, 11) is 1.65. The molecule has 5 heteroatoms. The lowest BCUT2D eigenvalue weighted by Crippen LogP contribution is -2.33. The van der Waals surface area contributed by atoms with E-state index in [4.69, 9.17) is 14.2 Å². The molecule has 1 atom stereocenters. The third-order valence-electron chi connectivity index (χ3n) is 2.92. The van der Waals surface area contributed by atoms with Gasteiger partial charge >= 0.3 is 0 Å². The molecule has 2 rings (SSSR count). The van der Waals surface area contributed by atoms with E-state index in [1.807, 2.05) is 26.0 Å². The molecule has 0 spiro atoms. The summed E-state index contributed by atoms with van der Waals surface area (Å²) in [4.78, 5) is 0. The molecular formula is C14H20BrNO3. The molecule has 0 bridgehead atoms. The van der Waals surface area contributed by atoms with Gasteiger partial charge in [0, 0.05) is 23.1 Å². The Morgan fingerprint density at radius 1 is 1.37 bits per heavy atom. The van der Waals surface area contributed by atoms with E-state index in [-0.39, 0.29) is 12.2 Å². The Bertz CT molecular complexity index is 431. The fourth-order valence-corrected chi connectivity index (χ4v) is 2.65. The van der Waals surface area contributed by atoms with Crippen LogP contribution < -0.4 is 14.8 Å². The van der Waals surface area contributed by atoms with Crippen LogP contribution >= 0.6 is 15.9 Å². The Balaban J connectivity index is 2.31. The van der Waals surface area contributed by atoms with Crippen molar-refractivity contribution < 1.29 is 14.2 Å². The molecule has 1 N–H and O–H groups in total. The Morgan fingerprint density at radius 2 is 2.16 bits per heavy atom. The van der Waals surface area contributed by atoms with E-state index in [1.54, 1.807) is 7.11 Å². The first-order chi connectivity index (χ1) is 9.11. The van der Waals surface area contributed by atoms with Crippen molar-refractivity contribution in [2.45, 2.75) is 26.1 Å². The minimum atomic E-state index is 0.0449. The third-order valence-corrected chi connectivity index (χ3v) is 3.61. The molecule has 1 aliphatic heterocycles. The van der Waals surface area contributed by atoms with E-state index < -0.39 is 0 Å². The van der Waals surface area contributed by atoms with Gasteiger partial charge in [0.05, 0.1) is 25.9 Å². The lowest BCUT2D eigenvalue weighted by molar-refractivity contribution is 0.0270. The summed E-state index contributed by atoms with van der Waals surface area (Å²) >= 11 is 3.58. The zero-order valence-electron chi connectivity index (χ0n) is 11.5.